The average molecular weight is 229 g/mol. The second-order valence-corrected chi connectivity index (χ2v) is 3.98. The first-order valence-corrected chi connectivity index (χ1v) is 5.99. The third-order valence-corrected chi connectivity index (χ3v) is 2.44. The molecule has 16 heavy (non-hydrogen) atoms. The highest BCUT2D eigenvalue weighted by atomic mass is 16.5. The molecule has 0 aromatic rings. The van der Waals surface area contributed by atoms with Crippen LogP contribution in [0.25, 0.3) is 0 Å². The molecule has 0 bridgehead atoms. The lowest BCUT2D eigenvalue weighted by molar-refractivity contribution is -0.144. The fraction of sp³-hybridized carbons (Fsp3) is 0.833. The van der Waals surface area contributed by atoms with Crippen molar-refractivity contribution in [3.63, 3.8) is 0 Å². The van der Waals surface area contributed by atoms with Gasteiger partial charge in [-0.1, -0.05) is 32.6 Å². The van der Waals surface area contributed by atoms with Crippen molar-refractivity contribution in [1.82, 2.24) is 5.32 Å². The monoisotopic (exact) mass is 229 g/mol. The van der Waals surface area contributed by atoms with E-state index in [2.05, 4.69) is 17.0 Å². The summed E-state index contributed by atoms with van der Waals surface area (Å²) in [5.41, 5.74) is 0. The Kier molecular flexibility index (Phi) is 8.58. The van der Waals surface area contributed by atoms with Crippen LogP contribution in [0.15, 0.2) is 0 Å². The predicted molar refractivity (Wildman–Crippen MR) is 63.0 cm³/mol. The van der Waals surface area contributed by atoms with Gasteiger partial charge in [0.05, 0.1) is 7.11 Å². The summed E-state index contributed by atoms with van der Waals surface area (Å²) in [6, 6.07) is -0.548. The molecule has 4 nitrogen and oxygen atoms in total. The molecule has 1 N–H and O–H groups in total. The fourth-order valence-corrected chi connectivity index (χ4v) is 1.44. The van der Waals surface area contributed by atoms with Gasteiger partial charge in [-0.15, -0.1) is 0 Å². The summed E-state index contributed by atoms with van der Waals surface area (Å²) in [5.74, 6) is -0.478. The molecule has 0 aromatic heterocycles. The van der Waals surface area contributed by atoms with Gasteiger partial charge in [0.25, 0.3) is 0 Å². The largest absolute Gasteiger partial charge is 0.467 e. The topological polar surface area (TPSA) is 55.4 Å². The second-order valence-electron chi connectivity index (χ2n) is 3.98. The Balaban J connectivity index is 3.54. The molecule has 0 aliphatic carbocycles. The van der Waals surface area contributed by atoms with Crippen LogP contribution in [0.1, 0.15) is 52.4 Å². The molecule has 0 aliphatic heterocycles. The van der Waals surface area contributed by atoms with E-state index in [4.69, 9.17) is 0 Å². The first-order chi connectivity index (χ1) is 7.61. The maximum absolute atomic E-state index is 11.4. The van der Waals surface area contributed by atoms with Gasteiger partial charge in [0.2, 0.25) is 5.91 Å². The first kappa shape index (κ1) is 14.9. The quantitative estimate of drug-likeness (QED) is 0.512. The maximum atomic E-state index is 11.4. The van der Waals surface area contributed by atoms with Crippen molar-refractivity contribution in [2.45, 2.75) is 58.4 Å². The van der Waals surface area contributed by atoms with Gasteiger partial charge in [-0.05, 0) is 13.3 Å². The summed E-state index contributed by atoms with van der Waals surface area (Å²) in [4.78, 5) is 22.4. The Hall–Kier alpha value is -1.06. The van der Waals surface area contributed by atoms with Crippen LogP contribution in [0.5, 0.6) is 0 Å². The molecule has 4 heteroatoms. The number of nitrogens with one attached hydrogen (secondary N) is 1. The molecule has 0 spiro atoms. The van der Waals surface area contributed by atoms with E-state index in [9.17, 15) is 9.59 Å². The molecule has 0 aliphatic rings. The number of rotatable bonds is 8. The third kappa shape index (κ3) is 7.26. The second kappa shape index (κ2) is 9.19. The molecule has 0 aromatic carbocycles. The van der Waals surface area contributed by atoms with Crippen LogP contribution < -0.4 is 5.32 Å². The predicted octanol–water partition coefficient (Wildman–Crippen LogP) is 2.02. The Morgan fingerprint density at radius 1 is 1.19 bits per heavy atom. The number of unbranched alkanes of at least 4 members (excludes halogenated alkanes) is 4. The molecule has 0 saturated heterocycles. The third-order valence-electron chi connectivity index (χ3n) is 2.44. The van der Waals surface area contributed by atoms with Crippen molar-refractivity contribution < 1.29 is 14.3 Å². The van der Waals surface area contributed by atoms with Gasteiger partial charge in [-0.2, -0.15) is 0 Å². The normalized spacial score (nSPS) is 11.9. The van der Waals surface area contributed by atoms with Crippen LogP contribution in [0.3, 0.4) is 0 Å². The van der Waals surface area contributed by atoms with Crippen LogP contribution in [0.4, 0.5) is 0 Å². The van der Waals surface area contributed by atoms with Crippen LogP contribution in [-0.2, 0) is 14.3 Å². The molecule has 1 unspecified atom stereocenters. The number of methoxy groups -OCH3 is 1. The minimum Gasteiger partial charge on any atom is -0.467 e. The van der Waals surface area contributed by atoms with Crippen LogP contribution in [-0.4, -0.2) is 25.0 Å². The standard InChI is InChI=1S/C12H23NO3/c1-4-5-6-7-8-9-11(14)13-10(2)12(15)16-3/h10H,4-9H2,1-3H3,(H,13,14). The van der Waals surface area contributed by atoms with Gasteiger partial charge in [0.1, 0.15) is 6.04 Å². The van der Waals surface area contributed by atoms with E-state index in [1.54, 1.807) is 6.92 Å². The van der Waals surface area contributed by atoms with Crippen molar-refractivity contribution in [3.05, 3.63) is 0 Å². The van der Waals surface area contributed by atoms with E-state index in [0.717, 1.165) is 12.8 Å². The summed E-state index contributed by atoms with van der Waals surface area (Å²) < 4.78 is 4.52. The zero-order chi connectivity index (χ0) is 12.4. The van der Waals surface area contributed by atoms with Crippen molar-refractivity contribution in [2.75, 3.05) is 7.11 Å². The molecule has 0 fully saturated rings. The molecule has 94 valence electrons. The van der Waals surface area contributed by atoms with E-state index in [0.29, 0.717) is 6.42 Å². The van der Waals surface area contributed by atoms with Crippen molar-refractivity contribution in [3.8, 4) is 0 Å². The molecule has 0 heterocycles. The Bertz CT molecular complexity index is 216. The lowest BCUT2D eigenvalue weighted by Gasteiger charge is -2.11. The zero-order valence-electron chi connectivity index (χ0n) is 10.5. The highest BCUT2D eigenvalue weighted by Crippen LogP contribution is 2.04. The Morgan fingerprint density at radius 2 is 1.81 bits per heavy atom. The van der Waals surface area contributed by atoms with Gasteiger partial charge < -0.3 is 10.1 Å². The lowest BCUT2D eigenvalue weighted by atomic mass is 10.1. The van der Waals surface area contributed by atoms with Crippen molar-refractivity contribution >= 4 is 11.9 Å². The molecular formula is C12H23NO3. The first-order valence-electron chi connectivity index (χ1n) is 5.99. The number of hydrogen-bond donors (Lipinski definition) is 1. The van der Waals surface area contributed by atoms with Crippen molar-refractivity contribution in [1.29, 1.82) is 0 Å². The Morgan fingerprint density at radius 3 is 2.38 bits per heavy atom. The summed E-state index contributed by atoms with van der Waals surface area (Å²) in [5, 5.41) is 2.61. The summed E-state index contributed by atoms with van der Waals surface area (Å²) >= 11 is 0. The van der Waals surface area contributed by atoms with Gasteiger partial charge >= 0.3 is 5.97 Å². The number of ether oxygens (including phenoxy) is 1. The lowest BCUT2D eigenvalue weighted by Crippen LogP contribution is -2.38. The minimum absolute atomic E-state index is 0.0746. The molecule has 0 rings (SSSR count). The summed E-state index contributed by atoms with van der Waals surface area (Å²) in [6.45, 7) is 3.78. The molecular weight excluding hydrogens is 206 g/mol. The minimum atomic E-state index is -0.548. The van der Waals surface area contributed by atoms with Gasteiger partial charge in [0.15, 0.2) is 0 Å². The highest BCUT2D eigenvalue weighted by Gasteiger charge is 2.14. The number of hydrogen-bond acceptors (Lipinski definition) is 3. The number of esters is 1. The van der Waals surface area contributed by atoms with Crippen LogP contribution in [0.2, 0.25) is 0 Å². The maximum Gasteiger partial charge on any atom is 0.328 e. The molecule has 0 radical (unpaired) electrons. The fourth-order valence-electron chi connectivity index (χ4n) is 1.44. The van der Waals surface area contributed by atoms with E-state index in [1.165, 1.54) is 26.4 Å². The Labute approximate surface area is 97.7 Å². The van der Waals surface area contributed by atoms with E-state index >= 15 is 0 Å². The summed E-state index contributed by atoms with van der Waals surface area (Å²) in [6.07, 6.45) is 6.06. The zero-order valence-corrected chi connectivity index (χ0v) is 10.5. The smallest absolute Gasteiger partial charge is 0.328 e. The van der Waals surface area contributed by atoms with E-state index < -0.39 is 12.0 Å². The van der Waals surface area contributed by atoms with Crippen LogP contribution in [0, 0.1) is 0 Å². The highest BCUT2D eigenvalue weighted by molar-refractivity contribution is 5.83. The number of carbonyl (C=O) groups is 2. The van der Waals surface area contributed by atoms with E-state index in [1.807, 2.05) is 0 Å². The SMILES string of the molecule is CCCCCCCC(=O)NC(C)C(=O)OC. The number of carbonyl (C=O) groups excluding carboxylic acids is 2. The number of amides is 1. The molecule has 0 saturated carbocycles. The molecule has 1 amide bonds. The van der Waals surface area contributed by atoms with Crippen LogP contribution >= 0.6 is 0 Å². The average Bonchev–Trinajstić information content (AvgIpc) is 2.27. The van der Waals surface area contributed by atoms with Gasteiger partial charge in [-0.25, -0.2) is 4.79 Å². The molecule has 1 atom stereocenters. The van der Waals surface area contributed by atoms with Crippen molar-refractivity contribution in [2.24, 2.45) is 0 Å². The van der Waals surface area contributed by atoms with E-state index in [-0.39, 0.29) is 5.91 Å². The van der Waals surface area contributed by atoms with Gasteiger partial charge in [-0.3, -0.25) is 4.79 Å². The van der Waals surface area contributed by atoms with Gasteiger partial charge in [0, 0.05) is 6.42 Å². The summed E-state index contributed by atoms with van der Waals surface area (Å²) in [7, 11) is 1.32.